The molecule has 3 unspecified atom stereocenters. The zero-order valence-electron chi connectivity index (χ0n) is 15.8. The highest BCUT2D eigenvalue weighted by Crippen LogP contribution is 2.45. The summed E-state index contributed by atoms with van der Waals surface area (Å²) in [7, 11) is 0. The number of aliphatic hydroxyl groups is 1. The zero-order valence-corrected chi connectivity index (χ0v) is 15.8. The maximum absolute atomic E-state index is 12.8. The number of carbonyl (C=O) groups excluding carboxylic acids is 1. The van der Waals surface area contributed by atoms with Crippen molar-refractivity contribution >= 4 is 5.97 Å². The van der Waals surface area contributed by atoms with E-state index in [2.05, 4.69) is 16.8 Å². The number of aromatic nitrogens is 2. The van der Waals surface area contributed by atoms with Gasteiger partial charge in [0.1, 0.15) is 6.61 Å². The van der Waals surface area contributed by atoms with Crippen molar-refractivity contribution < 1.29 is 24.5 Å². The number of benzene rings is 1. The summed E-state index contributed by atoms with van der Waals surface area (Å²) in [6.07, 6.45) is 1.52. The van der Waals surface area contributed by atoms with Crippen LogP contribution >= 0.6 is 0 Å². The molecule has 2 aromatic rings. The first-order valence-electron chi connectivity index (χ1n) is 9.05. The number of fused-ring (bicyclic) bond motifs is 1. The molecule has 1 heterocycles. The molecule has 0 fully saturated rings. The Morgan fingerprint density at radius 3 is 2.86 bits per heavy atom. The van der Waals surface area contributed by atoms with E-state index in [-0.39, 0.29) is 30.1 Å². The number of phenols is 1. The molecular formula is C20H24N2O6. The van der Waals surface area contributed by atoms with Gasteiger partial charge >= 0.3 is 5.97 Å². The van der Waals surface area contributed by atoms with Gasteiger partial charge in [-0.15, -0.1) is 0 Å². The number of hydrogen-bond donors (Lipinski definition) is 4. The van der Waals surface area contributed by atoms with Gasteiger partial charge in [-0.3, -0.25) is 14.7 Å². The van der Waals surface area contributed by atoms with Gasteiger partial charge in [0, 0.05) is 23.6 Å². The van der Waals surface area contributed by atoms with Crippen LogP contribution in [0, 0.1) is 5.92 Å². The van der Waals surface area contributed by atoms with Crippen LogP contribution in [0.3, 0.4) is 0 Å². The summed E-state index contributed by atoms with van der Waals surface area (Å²) >= 11 is 0. The van der Waals surface area contributed by atoms with Gasteiger partial charge in [-0.2, -0.15) is 0 Å². The van der Waals surface area contributed by atoms with Gasteiger partial charge in [0.25, 0.3) is 5.56 Å². The molecule has 0 radical (unpaired) electrons. The third-order valence-corrected chi connectivity index (χ3v) is 4.99. The quantitative estimate of drug-likeness (QED) is 0.440. The maximum atomic E-state index is 12.8. The molecule has 8 nitrogen and oxygen atoms in total. The number of aromatic amines is 2. The first kappa shape index (κ1) is 19.8. The standard InChI is InChI=1S/C20H24N2O6/c1-4-8-28-19(25)17-15(11-6-7-13(23)14(9-11)27-5-2)16-12(10-20(17,3)26)21-22-18(16)24/h4,6-7,9,15,17,23,26H,1,5,8,10H2,2-3H3,(H2,21,22,24). The molecule has 0 aliphatic heterocycles. The van der Waals surface area contributed by atoms with E-state index >= 15 is 0 Å². The van der Waals surface area contributed by atoms with E-state index in [1.807, 2.05) is 0 Å². The molecule has 0 saturated heterocycles. The highest BCUT2D eigenvalue weighted by Gasteiger charge is 2.51. The summed E-state index contributed by atoms with van der Waals surface area (Å²) in [6.45, 7) is 7.18. The molecule has 0 amide bonds. The smallest absolute Gasteiger partial charge is 0.313 e. The molecule has 1 aromatic carbocycles. The van der Waals surface area contributed by atoms with Crippen molar-refractivity contribution in [2.45, 2.75) is 31.8 Å². The second-order valence-corrected chi connectivity index (χ2v) is 7.04. The Bertz CT molecular complexity index is 942. The number of nitrogens with one attached hydrogen (secondary N) is 2. The Hall–Kier alpha value is -3.00. The first-order valence-corrected chi connectivity index (χ1v) is 9.05. The Balaban J connectivity index is 2.18. The van der Waals surface area contributed by atoms with Gasteiger partial charge in [-0.1, -0.05) is 18.7 Å². The molecule has 3 atom stereocenters. The Morgan fingerprint density at radius 2 is 2.18 bits per heavy atom. The topological polar surface area (TPSA) is 125 Å². The molecular weight excluding hydrogens is 364 g/mol. The highest BCUT2D eigenvalue weighted by atomic mass is 16.5. The van der Waals surface area contributed by atoms with Crippen molar-refractivity contribution in [1.82, 2.24) is 10.2 Å². The van der Waals surface area contributed by atoms with E-state index in [0.717, 1.165) is 0 Å². The fourth-order valence-corrected chi connectivity index (χ4v) is 3.84. The zero-order chi connectivity index (χ0) is 20.5. The van der Waals surface area contributed by atoms with Crippen LogP contribution in [0.4, 0.5) is 0 Å². The number of H-pyrrole nitrogens is 2. The van der Waals surface area contributed by atoms with Gasteiger partial charge in [-0.05, 0) is 31.5 Å². The van der Waals surface area contributed by atoms with E-state index in [1.54, 1.807) is 19.1 Å². The van der Waals surface area contributed by atoms with Gasteiger partial charge in [0.15, 0.2) is 11.5 Å². The van der Waals surface area contributed by atoms with E-state index < -0.39 is 23.4 Å². The summed E-state index contributed by atoms with van der Waals surface area (Å²) in [6, 6.07) is 4.62. The Morgan fingerprint density at radius 1 is 1.43 bits per heavy atom. The van der Waals surface area contributed by atoms with Crippen LogP contribution in [-0.4, -0.2) is 45.2 Å². The highest BCUT2D eigenvalue weighted by molar-refractivity contribution is 5.77. The van der Waals surface area contributed by atoms with E-state index in [1.165, 1.54) is 19.1 Å². The minimum absolute atomic E-state index is 0.00570. The molecule has 1 aromatic heterocycles. The fourth-order valence-electron chi connectivity index (χ4n) is 3.84. The van der Waals surface area contributed by atoms with Gasteiger partial charge < -0.3 is 24.8 Å². The minimum atomic E-state index is -1.47. The third kappa shape index (κ3) is 3.43. The van der Waals surface area contributed by atoms with Crippen molar-refractivity contribution in [2.24, 2.45) is 5.92 Å². The molecule has 1 aliphatic carbocycles. The number of aromatic hydroxyl groups is 1. The molecule has 3 rings (SSSR count). The van der Waals surface area contributed by atoms with Crippen molar-refractivity contribution in [3.63, 3.8) is 0 Å². The number of ether oxygens (including phenoxy) is 2. The lowest BCUT2D eigenvalue weighted by atomic mass is 9.66. The number of hydrogen-bond acceptors (Lipinski definition) is 6. The van der Waals surface area contributed by atoms with Gasteiger partial charge in [0.05, 0.1) is 18.1 Å². The average Bonchev–Trinajstić information content (AvgIpc) is 2.99. The van der Waals surface area contributed by atoms with Crippen LogP contribution in [0.2, 0.25) is 0 Å². The van der Waals surface area contributed by atoms with Crippen LogP contribution in [0.25, 0.3) is 0 Å². The van der Waals surface area contributed by atoms with E-state index in [4.69, 9.17) is 9.47 Å². The summed E-state index contributed by atoms with van der Waals surface area (Å²) < 4.78 is 10.7. The summed E-state index contributed by atoms with van der Waals surface area (Å²) in [5, 5.41) is 26.4. The molecule has 0 spiro atoms. The fraction of sp³-hybridized carbons (Fsp3) is 0.400. The second-order valence-electron chi connectivity index (χ2n) is 7.04. The summed E-state index contributed by atoms with van der Waals surface area (Å²) in [5.41, 5.74) is -0.403. The third-order valence-electron chi connectivity index (χ3n) is 4.99. The molecule has 0 saturated carbocycles. The normalized spacial score (nSPS) is 23.7. The Labute approximate surface area is 161 Å². The first-order chi connectivity index (χ1) is 13.3. The number of esters is 1. The molecule has 150 valence electrons. The maximum Gasteiger partial charge on any atom is 0.313 e. The van der Waals surface area contributed by atoms with E-state index in [0.29, 0.717) is 23.4 Å². The number of rotatable bonds is 6. The van der Waals surface area contributed by atoms with Crippen molar-refractivity contribution in [1.29, 1.82) is 0 Å². The molecule has 28 heavy (non-hydrogen) atoms. The van der Waals surface area contributed by atoms with Crippen LogP contribution in [0.5, 0.6) is 11.5 Å². The predicted octanol–water partition coefficient (Wildman–Crippen LogP) is 1.59. The van der Waals surface area contributed by atoms with E-state index in [9.17, 15) is 19.8 Å². The Kier molecular flexibility index (Phi) is 5.33. The molecule has 1 aliphatic rings. The second kappa shape index (κ2) is 7.55. The van der Waals surface area contributed by atoms with Gasteiger partial charge in [0.2, 0.25) is 0 Å². The largest absolute Gasteiger partial charge is 0.504 e. The molecule has 4 N–H and O–H groups in total. The number of carbonyl (C=O) groups is 1. The lowest BCUT2D eigenvalue weighted by Crippen LogP contribution is -2.50. The summed E-state index contributed by atoms with van der Waals surface area (Å²) in [5.74, 6) is -2.27. The number of phenolic OH excluding ortho intramolecular Hbond substituents is 1. The molecule has 8 heteroatoms. The van der Waals surface area contributed by atoms with Gasteiger partial charge in [-0.25, -0.2) is 0 Å². The lowest BCUT2D eigenvalue weighted by Gasteiger charge is -2.40. The van der Waals surface area contributed by atoms with Crippen LogP contribution in [0.15, 0.2) is 35.6 Å². The monoisotopic (exact) mass is 388 g/mol. The van der Waals surface area contributed by atoms with Crippen LogP contribution in [0.1, 0.15) is 36.6 Å². The van der Waals surface area contributed by atoms with Crippen LogP contribution in [-0.2, 0) is 16.0 Å². The predicted molar refractivity (Wildman–Crippen MR) is 102 cm³/mol. The molecule has 0 bridgehead atoms. The SMILES string of the molecule is C=CCOC(=O)C1C(c2ccc(O)c(OCC)c2)c2c([nH][nH]c2=O)CC1(C)O. The average molecular weight is 388 g/mol. The van der Waals surface area contributed by atoms with Crippen molar-refractivity contribution in [3.05, 3.63) is 58.0 Å². The lowest BCUT2D eigenvalue weighted by molar-refractivity contribution is -0.158. The van der Waals surface area contributed by atoms with Crippen molar-refractivity contribution in [3.8, 4) is 11.5 Å². The van der Waals surface area contributed by atoms with Crippen molar-refractivity contribution in [2.75, 3.05) is 13.2 Å². The minimum Gasteiger partial charge on any atom is -0.504 e. The summed E-state index contributed by atoms with van der Waals surface area (Å²) in [4.78, 5) is 25.3. The van der Waals surface area contributed by atoms with Crippen LogP contribution < -0.4 is 10.3 Å².